The fourth-order valence-corrected chi connectivity index (χ4v) is 3.46. The Kier molecular flexibility index (Phi) is 6.19. The van der Waals surface area contributed by atoms with E-state index in [-0.39, 0.29) is 11.9 Å². The number of aryl methyl sites for hydroxylation is 1. The van der Waals surface area contributed by atoms with Gasteiger partial charge in [0, 0.05) is 25.5 Å². The van der Waals surface area contributed by atoms with E-state index in [0.717, 1.165) is 53.8 Å². The largest absolute Gasteiger partial charge is 0.488 e. The van der Waals surface area contributed by atoms with Crippen LogP contribution in [-0.4, -0.2) is 35.7 Å². The van der Waals surface area contributed by atoms with E-state index >= 15 is 0 Å². The third kappa shape index (κ3) is 4.76. The van der Waals surface area contributed by atoms with Gasteiger partial charge in [-0.25, -0.2) is 14.4 Å². The molecule has 2 N–H and O–H groups in total. The number of halogens is 2. The first kappa shape index (κ1) is 17.3. The van der Waals surface area contributed by atoms with Gasteiger partial charge in [-0.15, -0.1) is 0 Å². The van der Waals surface area contributed by atoms with E-state index in [4.69, 9.17) is 4.74 Å². The maximum Gasteiger partial charge on any atom is 0.222 e. The first-order valence-corrected chi connectivity index (χ1v) is 9.16. The number of aromatic nitrogens is 2. The van der Waals surface area contributed by atoms with Gasteiger partial charge in [-0.2, -0.15) is 0 Å². The summed E-state index contributed by atoms with van der Waals surface area (Å²) in [6.07, 6.45) is 6.34. The molecule has 1 aromatic heterocycles. The molecule has 0 bridgehead atoms. The molecule has 2 aromatic rings. The van der Waals surface area contributed by atoms with Crippen LogP contribution in [0.4, 0.5) is 10.3 Å². The molecule has 0 saturated carbocycles. The lowest BCUT2D eigenvalue weighted by molar-refractivity contribution is 0.169. The molecule has 5 nitrogen and oxygen atoms in total. The molecule has 1 aromatic carbocycles. The van der Waals surface area contributed by atoms with Gasteiger partial charge >= 0.3 is 0 Å². The molecule has 128 valence electrons. The zero-order chi connectivity index (χ0) is 16.8. The molecule has 2 heterocycles. The fraction of sp³-hybridized carbons (Fsp3) is 0.412. The van der Waals surface area contributed by atoms with Gasteiger partial charge in [0.25, 0.3) is 0 Å². The minimum atomic E-state index is -0.187. The third-order valence-corrected chi connectivity index (χ3v) is 4.66. The molecule has 3 rings (SSSR count). The quantitative estimate of drug-likeness (QED) is 0.510. The smallest absolute Gasteiger partial charge is 0.222 e. The second-order valence-corrected chi connectivity index (χ2v) is 6.87. The van der Waals surface area contributed by atoms with Crippen molar-refractivity contribution in [3.63, 3.8) is 0 Å². The fourth-order valence-electron chi connectivity index (χ4n) is 2.68. The maximum absolute atomic E-state index is 13.4. The normalized spacial score (nSPS) is 16.3. The van der Waals surface area contributed by atoms with E-state index in [0.29, 0.717) is 5.95 Å². The second-order valence-electron chi connectivity index (χ2n) is 5.71. The lowest BCUT2D eigenvalue weighted by Gasteiger charge is -2.27. The summed E-state index contributed by atoms with van der Waals surface area (Å²) in [5.41, 5.74) is 0.975. The molecule has 0 aliphatic carbocycles. The van der Waals surface area contributed by atoms with Gasteiger partial charge in [0.2, 0.25) is 5.95 Å². The standard InChI is InChI=1S/C17H20FIN4O/c18-13-9-12-3-4-14(24-16(12)15(19)10-13)11-20-5-1-6-21-17-22-7-2-8-23-17/h2,7-10,14,20H,1,3-6,11H2,(H,21,22,23). The van der Waals surface area contributed by atoms with Crippen molar-refractivity contribution < 1.29 is 9.13 Å². The zero-order valence-electron chi connectivity index (χ0n) is 13.3. The molecule has 1 unspecified atom stereocenters. The number of hydrogen-bond acceptors (Lipinski definition) is 5. The van der Waals surface area contributed by atoms with Crippen LogP contribution in [0.1, 0.15) is 18.4 Å². The highest BCUT2D eigenvalue weighted by atomic mass is 127. The van der Waals surface area contributed by atoms with Crippen LogP contribution in [0.25, 0.3) is 0 Å². The molecule has 1 aliphatic heterocycles. The van der Waals surface area contributed by atoms with Crippen LogP contribution < -0.4 is 15.4 Å². The molecule has 0 saturated heterocycles. The van der Waals surface area contributed by atoms with Crippen molar-refractivity contribution in [2.75, 3.05) is 25.0 Å². The van der Waals surface area contributed by atoms with E-state index in [2.05, 4.69) is 43.2 Å². The lowest BCUT2D eigenvalue weighted by Crippen LogP contribution is -2.35. The van der Waals surface area contributed by atoms with E-state index in [1.165, 1.54) is 6.07 Å². The van der Waals surface area contributed by atoms with E-state index in [1.807, 2.05) is 0 Å². The molecular formula is C17H20FIN4O. The molecule has 1 aliphatic rings. The maximum atomic E-state index is 13.4. The zero-order valence-corrected chi connectivity index (χ0v) is 15.4. The van der Waals surface area contributed by atoms with Gasteiger partial charge in [-0.1, -0.05) is 0 Å². The van der Waals surface area contributed by atoms with E-state index < -0.39 is 0 Å². The first-order valence-electron chi connectivity index (χ1n) is 8.08. The molecule has 0 amide bonds. The van der Waals surface area contributed by atoms with Crippen LogP contribution in [0.3, 0.4) is 0 Å². The number of benzene rings is 1. The summed E-state index contributed by atoms with van der Waals surface area (Å²) in [6, 6.07) is 4.90. The Labute approximate surface area is 154 Å². The Morgan fingerprint density at radius 3 is 2.92 bits per heavy atom. The van der Waals surface area contributed by atoms with Crippen molar-refractivity contribution in [3.8, 4) is 5.75 Å². The molecular weight excluding hydrogens is 422 g/mol. The van der Waals surface area contributed by atoms with Gasteiger partial charge in [-0.3, -0.25) is 0 Å². The molecule has 0 radical (unpaired) electrons. The average molecular weight is 442 g/mol. The average Bonchev–Trinajstić information content (AvgIpc) is 2.59. The Balaban J connectivity index is 1.36. The molecule has 1 atom stereocenters. The van der Waals surface area contributed by atoms with Crippen LogP contribution in [0.15, 0.2) is 30.6 Å². The highest BCUT2D eigenvalue weighted by Gasteiger charge is 2.22. The topological polar surface area (TPSA) is 59.1 Å². The van der Waals surface area contributed by atoms with Crippen molar-refractivity contribution >= 4 is 28.5 Å². The third-order valence-electron chi connectivity index (χ3n) is 3.86. The van der Waals surface area contributed by atoms with E-state index in [1.54, 1.807) is 24.5 Å². The summed E-state index contributed by atoms with van der Waals surface area (Å²) in [6.45, 7) is 2.52. The molecule has 0 fully saturated rings. The number of ether oxygens (including phenoxy) is 1. The summed E-state index contributed by atoms with van der Waals surface area (Å²) in [4.78, 5) is 8.23. The molecule has 7 heteroatoms. The second kappa shape index (κ2) is 8.57. The molecule has 24 heavy (non-hydrogen) atoms. The highest BCUT2D eigenvalue weighted by Crippen LogP contribution is 2.33. The highest BCUT2D eigenvalue weighted by molar-refractivity contribution is 14.1. The van der Waals surface area contributed by atoms with Gasteiger partial charge in [0.05, 0.1) is 3.57 Å². The first-order chi connectivity index (χ1) is 11.7. The van der Waals surface area contributed by atoms with Gasteiger partial charge < -0.3 is 15.4 Å². The van der Waals surface area contributed by atoms with Crippen LogP contribution in [-0.2, 0) is 6.42 Å². The number of nitrogens with one attached hydrogen (secondary N) is 2. The monoisotopic (exact) mass is 442 g/mol. The van der Waals surface area contributed by atoms with Crippen LogP contribution >= 0.6 is 22.6 Å². The summed E-state index contributed by atoms with van der Waals surface area (Å²) in [7, 11) is 0. The summed E-state index contributed by atoms with van der Waals surface area (Å²) >= 11 is 2.13. The number of rotatable bonds is 7. The van der Waals surface area contributed by atoms with Crippen molar-refractivity contribution in [2.45, 2.75) is 25.4 Å². The Morgan fingerprint density at radius 1 is 1.25 bits per heavy atom. The van der Waals surface area contributed by atoms with Crippen molar-refractivity contribution in [2.24, 2.45) is 0 Å². The minimum absolute atomic E-state index is 0.141. The number of anilines is 1. The summed E-state index contributed by atoms with van der Waals surface area (Å²) in [5.74, 6) is 1.32. The van der Waals surface area contributed by atoms with Crippen LogP contribution in [0.5, 0.6) is 5.75 Å². The van der Waals surface area contributed by atoms with Gasteiger partial charge in [0.1, 0.15) is 17.7 Å². The Hall–Kier alpha value is -1.48. The minimum Gasteiger partial charge on any atom is -0.488 e. The van der Waals surface area contributed by atoms with E-state index in [9.17, 15) is 4.39 Å². The van der Waals surface area contributed by atoms with Crippen molar-refractivity contribution in [1.29, 1.82) is 0 Å². The van der Waals surface area contributed by atoms with Crippen molar-refractivity contribution in [1.82, 2.24) is 15.3 Å². The van der Waals surface area contributed by atoms with Crippen LogP contribution in [0, 0.1) is 9.39 Å². The Bertz CT molecular complexity index is 671. The summed E-state index contributed by atoms with van der Waals surface area (Å²) in [5, 5.41) is 6.60. The predicted octanol–water partition coefficient (Wildman–Crippen LogP) is 3.01. The number of nitrogens with zero attached hydrogens (tertiary/aromatic N) is 2. The number of hydrogen-bond donors (Lipinski definition) is 2. The van der Waals surface area contributed by atoms with Crippen LogP contribution in [0.2, 0.25) is 0 Å². The molecule has 0 spiro atoms. The van der Waals surface area contributed by atoms with Gasteiger partial charge in [0.15, 0.2) is 0 Å². The number of fused-ring (bicyclic) bond motifs is 1. The Morgan fingerprint density at radius 2 is 2.08 bits per heavy atom. The van der Waals surface area contributed by atoms with Gasteiger partial charge in [-0.05, 0) is 72.2 Å². The lowest BCUT2D eigenvalue weighted by atomic mass is 10.0. The summed E-state index contributed by atoms with van der Waals surface area (Å²) < 4.78 is 20.3. The predicted molar refractivity (Wildman–Crippen MR) is 99.9 cm³/mol. The SMILES string of the molecule is Fc1cc(I)c2c(c1)CCC(CNCCCNc1ncccn1)O2. The van der Waals surface area contributed by atoms with Crippen molar-refractivity contribution in [3.05, 3.63) is 45.5 Å².